The van der Waals surface area contributed by atoms with Gasteiger partial charge >= 0.3 is 0 Å². The quantitative estimate of drug-likeness (QED) is 0.378. The summed E-state index contributed by atoms with van der Waals surface area (Å²) in [6, 6.07) is 25.3. The number of fused-ring (bicyclic) bond motifs is 1. The molecule has 1 aliphatic rings. The van der Waals surface area contributed by atoms with E-state index in [0.29, 0.717) is 23.3 Å². The molecule has 0 saturated carbocycles. The van der Waals surface area contributed by atoms with Gasteiger partial charge in [-0.15, -0.1) is 24.8 Å². The van der Waals surface area contributed by atoms with Crippen molar-refractivity contribution in [1.82, 2.24) is 14.9 Å². The van der Waals surface area contributed by atoms with Crippen LogP contribution in [0.3, 0.4) is 0 Å². The van der Waals surface area contributed by atoms with Crippen LogP contribution >= 0.6 is 24.8 Å². The number of hydrogen-bond donors (Lipinski definition) is 1. The zero-order chi connectivity index (χ0) is 23.5. The SMILES string of the molecule is COc1cc2nc(N3CCN(C(c4ccccc4)c4ccccc4)CC3)nc(N)c2cc1OC.Cl.Cl. The molecule has 0 aliphatic carbocycles. The molecule has 1 aromatic heterocycles. The molecular weight excluding hydrogens is 497 g/mol. The second kappa shape index (κ2) is 12.1. The smallest absolute Gasteiger partial charge is 0.227 e. The van der Waals surface area contributed by atoms with Crippen LogP contribution in [-0.2, 0) is 0 Å². The van der Waals surface area contributed by atoms with Crippen LogP contribution in [0.5, 0.6) is 11.5 Å². The number of anilines is 2. The molecule has 36 heavy (non-hydrogen) atoms. The first kappa shape index (κ1) is 27.3. The lowest BCUT2D eigenvalue weighted by molar-refractivity contribution is 0.211. The van der Waals surface area contributed by atoms with Crippen molar-refractivity contribution in [3.63, 3.8) is 0 Å². The summed E-state index contributed by atoms with van der Waals surface area (Å²) in [7, 11) is 3.22. The average molecular weight is 528 g/mol. The molecule has 1 fully saturated rings. The number of nitrogens with zero attached hydrogens (tertiary/aromatic N) is 4. The Balaban J connectivity index is 0.00000180. The Bertz CT molecular complexity index is 1230. The number of rotatable bonds is 6. The van der Waals surface area contributed by atoms with E-state index >= 15 is 0 Å². The molecule has 1 saturated heterocycles. The van der Waals surface area contributed by atoms with Crippen molar-refractivity contribution in [2.75, 3.05) is 51.0 Å². The lowest BCUT2D eigenvalue weighted by atomic mass is 9.96. The van der Waals surface area contributed by atoms with Gasteiger partial charge in [0.2, 0.25) is 5.95 Å². The summed E-state index contributed by atoms with van der Waals surface area (Å²) < 4.78 is 10.8. The van der Waals surface area contributed by atoms with E-state index in [1.807, 2.05) is 12.1 Å². The first-order chi connectivity index (χ1) is 16.7. The fourth-order valence-electron chi connectivity index (χ4n) is 4.67. The number of nitrogens with two attached hydrogens (primary N) is 1. The van der Waals surface area contributed by atoms with Crippen LogP contribution in [0.25, 0.3) is 10.9 Å². The number of piperazine rings is 1. The second-order valence-corrected chi connectivity index (χ2v) is 8.38. The fourth-order valence-corrected chi connectivity index (χ4v) is 4.67. The third kappa shape index (κ3) is 5.43. The lowest BCUT2D eigenvalue weighted by Gasteiger charge is -2.39. The van der Waals surface area contributed by atoms with Crippen molar-refractivity contribution in [2.24, 2.45) is 0 Å². The predicted molar refractivity (Wildman–Crippen MR) is 150 cm³/mol. The van der Waals surface area contributed by atoms with E-state index in [4.69, 9.17) is 20.2 Å². The van der Waals surface area contributed by atoms with Crippen molar-refractivity contribution in [3.05, 3.63) is 83.9 Å². The van der Waals surface area contributed by atoms with E-state index in [-0.39, 0.29) is 30.9 Å². The van der Waals surface area contributed by atoms with Crippen LogP contribution in [0, 0.1) is 0 Å². The Hall–Kier alpha value is -3.26. The minimum atomic E-state index is 0. The minimum Gasteiger partial charge on any atom is -0.493 e. The van der Waals surface area contributed by atoms with Crippen LogP contribution in [0.4, 0.5) is 11.8 Å². The van der Waals surface area contributed by atoms with Gasteiger partial charge in [-0.25, -0.2) is 4.98 Å². The summed E-state index contributed by atoms with van der Waals surface area (Å²) in [6.45, 7) is 3.41. The van der Waals surface area contributed by atoms with Gasteiger partial charge in [0.15, 0.2) is 11.5 Å². The van der Waals surface area contributed by atoms with Crippen molar-refractivity contribution >= 4 is 47.5 Å². The summed E-state index contributed by atoms with van der Waals surface area (Å²) in [4.78, 5) is 14.2. The second-order valence-electron chi connectivity index (χ2n) is 8.38. The van der Waals surface area contributed by atoms with Crippen LogP contribution in [0.1, 0.15) is 17.2 Å². The molecule has 9 heteroatoms. The molecular formula is C27H31Cl2N5O2. The maximum atomic E-state index is 6.32. The third-order valence-corrected chi connectivity index (χ3v) is 6.41. The number of hydrogen-bond acceptors (Lipinski definition) is 7. The summed E-state index contributed by atoms with van der Waals surface area (Å²) in [6.07, 6.45) is 0. The number of aromatic nitrogens is 2. The molecule has 4 aromatic rings. The van der Waals surface area contributed by atoms with E-state index in [9.17, 15) is 0 Å². The zero-order valence-corrected chi connectivity index (χ0v) is 22.0. The normalized spacial score (nSPS) is 13.7. The number of methoxy groups -OCH3 is 2. The number of halogens is 2. The van der Waals surface area contributed by atoms with Gasteiger partial charge in [0.05, 0.1) is 25.8 Å². The Labute approximate surface area is 224 Å². The molecule has 2 N–H and O–H groups in total. The first-order valence-electron chi connectivity index (χ1n) is 11.5. The Kier molecular flexibility index (Phi) is 9.20. The molecule has 1 aliphatic heterocycles. The number of benzene rings is 3. The molecule has 0 radical (unpaired) electrons. The molecule has 0 bridgehead atoms. The third-order valence-electron chi connectivity index (χ3n) is 6.41. The highest BCUT2D eigenvalue weighted by Crippen LogP contribution is 2.35. The molecule has 0 spiro atoms. The van der Waals surface area contributed by atoms with Gasteiger partial charge in [0.1, 0.15) is 5.82 Å². The largest absolute Gasteiger partial charge is 0.493 e. The number of ether oxygens (including phenoxy) is 2. The Morgan fingerprint density at radius 2 is 1.28 bits per heavy atom. The number of nitrogen functional groups attached to an aromatic ring is 1. The molecule has 190 valence electrons. The lowest BCUT2D eigenvalue weighted by Crippen LogP contribution is -2.48. The Morgan fingerprint density at radius 3 is 1.81 bits per heavy atom. The molecule has 0 unspecified atom stereocenters. The van der Waals surface area contributed by atoms with E-state index in [2.05, 4.69) is 75.4 Å². The molecule has 3 aromatic carbocycles. The van der Waals surface area contributed by atoms with Crippen molar-refractivity contribution in [1.29, 1.82) is 0 Å². The van der Waals surface area contributed by atoms with Crippen LogP contribution < -0.4 is 20.1 Å². The van der Waals surface area contributed by atoms with Gasteiger partial charge in [0.25, 0.3) is 0 Å². The molecule has 0 atom stereocenters. The van der Waals surface area contributed by atoms with Crippen LogP contribution in [0.2, 0.25) is 0 Å². The van der Waals surface area contributed by atoms with Gasteiger partial charge in [-0.3, -0.25) is 4.90 Å². The summed E-state index contributed by atoms with van der Waals surface area (Å²) in [5, 5.41) is 0.758. The van der Waals surface area contributed by atoms with Gasteiger partial charge in [-0.1, -0.05) is 60.7 Å². The summed E-state index contributed by atoms with van der Waals surface area (Å²) in [5.41, 5.74) is 9.67. The highest BCUT2D eigenvalue weighted by molar-refractivity contribution is 5.91. The highest BCUT2D eigenvalue weighted by atomic mass is 35.5. The fraction of sp³-hybridized carbons (Fsp3) is 0.259. The predicted octanol–water partition coefficient (Wildman–Crippen LogP) is 4.98. The maximum absolute atomic E-state index is 6.32. The van der Waals surface area contributed by atoms with Gasteiger partial charge in [-0.05, 0) is 17.2 Å². The maximum Gasteiger partial charge on any atom is 0.227 e. The summed E-state index contributed by atoms with van der Waals surface area (Å²) in [5.74, 6) is 2.32. The van der Waals surface area contributed by atoms with Gasteiger partial charge in [-0.2, -0.15) is 4.98 Å². The Morgan fingerprint density at radius 1 is 0.750 bits per heavy atom. The van der Waals surface area contributed by atoms with E-state index in [1.54, 1.807) is 14.2 Å². The monoisotopic (exact) mass is 527 g/mol. The molecule has 7 nitrogen and oxygen atoms in total. The molecule has 5 rings (SSSR count). The van der Waals surface area contributed by atoms with E-state index in [0.717, 1.165) is 37.1 Å². The van der Waals surface area contributed by atoms with Crippen molar-refractivity contribution < 1.29 is 9.47 Å². The van der Waals surface area contributed by atoms with E-state index < -0.39 is 0 Å². The van der Waals surface area contributed by atoms with Crippen molar-refractivity contribution in [2.45, 2.75) is 6.04 Å². The summed E-state index contributed by atoms with van der Waals surface area (Å²) >= 11 is 0. The highest BCUT2D eigenvalue weighted by Gasteiger charge is 2.27. The van der Waals surface area contributed by atoms with Crippen LogP contribution in [0.15, 0.2) is 72.8 Å². The van der Waals surface area contributed by atoms with Gasteiger partial charge in [0, 0.05) is 37.6 Å². The first-order valence-corrected chi connectivity index (χ1v) is 11.5. The van der Waals surface area contributed by atoms with Gasteiger partial charge < -0.3 is 20.1 Å². The minimum absolute atomic E-state index is 0. The topological polar surface area (TPSA) is 76.7 Å². The van der Waals surface area contributed by atoms with Crippen LogP contribution in [-0.4, -0.2) is 55.3 Å². The standard InChI is InChI=1S/C27H29N5O2.2ClH/c1-33-23-17-21-22(18-24(23)34-2)29-27(30-26(21)28)32-15-13-31(14-16-32)25(19-9-5-3-6-10-19)20-11-7-4-8-12-20;;/h3-12,17-18,25H,13-16H2,1-2H3,(H2,28,29,30);2*1H. The average Bonchev–Trinajstić information content (AvgIpc) is 2.89. The molecule has 2 heterocycles. The van der Waals surface area contributed by atoms with Crippen molar-refractivity contribution in [3.8, 4) is 11.5 Å². The molecule has 0 amide bonds. The zero-order valence-electron chi connectivity index (χ0n) is 20.3. The van der Waals surface area contributed by atoms with E-state index in [1.165, 1.54) is 11.1 Å².